The SMILES string of the molecule is OC(c1cccc(Cl)c1)c1cccc2ccccc12. The molecule has 0 aliphatic rings. The Morgan fingerprint density at radius 1 is 0.842 bits per heavy atom. The third kappa shape index (κ3) is 2.35. The largest absolute Gasteiger partial charge is 0.384 e. The Bertz CT molecular complexity index is 716. The van der Waals surface area contributed by atoms with Crippen LogP contribution in [0.15, 0.2) is 66.7 Å². The maximum Gasteiger partial charge on any atom is 0.105 e. The van der Waals surface area contributed by atoms with E-state index in [0.29, 0.717) is 5.02 Å². The first-order chi connectivity index (χ1) is 9.25. The molecule has 0 bridgehead atoms. The smallest absolute Gasteiger partial charge is 0.105 e. The van der Waals surface area contributed by atoms with Gasteiger partial charge in [0.15, 0.2) is 0 Å². The van der Waals surface area contributed by atoms with E-state index in [2.05, 4.69) is 0 Å². The normalized spacial score (nSPS) is 12.5. The maximum absolute atomic E-state index is 10.6. The van der Waals surface area contributed by atoms with Gasteiger partial charge in [0.05, 0.1) is 0 Å². The summed E-state index contributed by atoms with van der Waals surface area (Å²) in [7, 11) is 0. The summed E-state index contributed by atoms with van der Waals surface area (Å²) >= 11 is 5.98. The molecule has 2 heteroatoms. The summed E-state index contributed by atoms with van der Waals surface area (Å²) < 4.78 is 0. The Balaban J connectivity index is 2.14. The average Bonchev–Trinajstić information content (AvgIpc) is 2.46. The Morgan fingerprint density at radius 3 is 2.42 bits per heavy atom. The van der Waals surface area contributed by atoms with E-state index >= 15 is 0 Å². The van der Waals surface area contributed by atoms with Gasteiger partial charge in [-0.25, -0.2) is 0 Å². The minimum Gasteiger partial charge on any atom is -0.384 e. The van der Waals surface area contributed by atoms with Crippen LogP contribution < -0.4 is 0 Å². The molecule has 3 aromatic carbocycles. The van der Waals surface area contributed by atoms with Gasteiger partial charge in [-0.1, -0.05) is 66.2 Å². The highest BCUT2D eigenvalue weighted by Crippen LogP contribution is 2.29. The number of fused-ring (bicyclic) bond motifs is 1. The highest BCUT2D eigenvalue weighted by atomic mass is 35.5. The summed E-state index contributed by atoms with van der Waals surface area (Å²) in [6.07, 6.45) is -0.662. The van der Waals surface area contributed by atoms with Crippen LogP contribution in [-0.4, -0.2) is 5.11 Å². The van der Waals surface area contributed by atoms with Crippen LogP contribution in [0.25, 0.3) is 10.8 Å². The minimum atomic E-state index is -0.662. The first-order valence-electron chi connectivity index (χ1n) is 6.17. The van der Waals surface area contributed by atoms with Crippen molar-refractivity contribution < 1.29 is 5.11 Å². The molecule has 1 atom stereocenters. The quantitative estimate of drug-likeness (QED) is 0.722. The van der Waals surface area contributed by atoms with Crippen molar-refractivity contribution in [2.75, 3.05) is 0 Å². The summed E-state index contributed by atoms with van der Waals surface area (Å²) in [5.74, 6) is 0. The number of rotatable bonds is 2. The van der Waals surface area contributed by atoms with Crippen LogP contribution in [0.5, 0.6) is 0 Å². The summed E-state index contributed by atoms with van der Waals surface area (Å²) in [5, 5.41) is 13.4. The molecule has 0 fully saturated rings. The number of aliphatic hydroxyl groups excluding tert-OH is 1. The highest BCUT2D eigenvalue weighted by molar-refractivity contribution is 6.30. The van der Waals surface area contributed by atoms with Crippen LogP contribution in [0, 0.1) is 0 Å². The van der Waals surface area contributed by atoms with Gasteiger partial charge < -0.3 is 5.11 Å². The predicted molar refractivity (Wildman–Crippen MR) is 79.5 cm³/mol. The lowest BCUT2D eigenvalue weighted by Crippen LogP contribution is -2.00. The van der Waals surface area contributed by atoms with E-state index in [1.807, 2.05) is 54.6 Å². The van der Waals surface area contributed by atoms with Gasteiger partial charge in [-0.2, -0.15) is 0 Å². The third-order valence-electron chi connectivity index (χ3n) is 3.28. The summed E-state index contributed by atoms with van der Waals surface area (Å²) in [4.78, 5) is 0. The average molecular weight is 269 g/mol. The molecule has 19 heavy (non-hydrogen) atoms. The summed E-state index contributed by atoms with van der Waals surface area (Å²) in [6, 6.07) is 21.4. The molecule has 0 radical (unpaired) electrons. The van der Waals surface area contributed by atoms with Crippen LogP contribution in [0.4, 0.5) is 0 Å². The molecule has 1 nitrogen and oxygen atoms in total. The molecule has 0 aliphatic heterocycles. The molecule has 0 saturated carbocycles. The van der Waals surface area contributed by atoms with Crippen LogP contribution in [-0.2, 0) is 0 Å². The zero-order valence-electron chi connectivity index (χ0n) is 10.3. The van der Waals surface area contributed by atoms with Gasteiger partial charge in [0, 0.05) is 5.02 Å². The minimum absolute atomic E-state index is 0.636. The van der Waals surface area contributed by atoms with E-state index in [-0.39, 0.29) is 0 Å². The molecule has 0 aromatic heterocycles. The molecule has 3 rings (SSSR count). The van der Waals surface area contributed by atoms with Gasteiger partial charge in [0.1, 0.15) is 6.10 Å². The van der Waals surface area contributed by atoms with Crippen molar-refractivity contribution in [3.8, 4) is 0 Å². The van der Waals surface area contributed by atoms with Crippen LogP contribution in [0.3, 0.4) is 0 Å². The van der Waals surface area contributed by atoms with E-state index in [1.165, 1.54) is 0 Å². The van der Waals surface area contributed by atoms with Crippen LogP contribution >= 0.6 is 11.6 Å². The van der Waals surface area contributed by atoms with Crippen LogP contribution in [0.1, 0.15) is 17.2 Å². The van der Waals surface area contributed by atoms with E-state index in [4.69, 9.17) is 11.6 Å². The van der Waals surface area contributed by atoms with Crippen molar-refractivity contribution in [2.24, 2.45) is 0 Å². The molecule has 0 heterocycles. The molecular weight excluding hydrogens is 256 g/mol. The lowest BCUT2D eigenvalue weighted by Gasteiger charge is -2.14. The number of benzene rings is 3. The van der Waals surface area contributed by atoms with Gasteiger partial charge in [0.25, 0.3) is 0 Å². The number of aliphatic hydroxyl groups is 1. The second-order valence-corrected chi connectivity index (χ2v) is 4.96. The highest BCUT2D eigenvalue weighted by Gasteiger charge is 2.13. The first-order valence-corrected chi connectivity index (χ1v) is 6.55. The standard InChI is InChI=1S/C17H13ClO/c18-14-8-3-7-13(11-14)17(19)16-10-4-6-12-5-1-2-9-15(12)16/h1-11,17,19H. The zero-order chi connectivity index (χ0) is 13.2. The molecule has 0 saturated heterocycles. The predicted octanol–water partition coefficient (Wildman–Crippen LogP) is 4.57. The van der Waals surface area contributed by atoms with Gasteiger partial charge >= 0.3 is 0 Å². The lowest BCUT2D eigenvalue weighted by atomic mass is 9.96. The summed E-state index contributed by atoms with van der Waals surface area (Å²) in [5.41, 5.74) is 1.71. The fourth-order valence-electron chi connectivity index (χ4n) is 2.35. The molecule has 94 valence electrons. The number of hydrogen-bond acceptors (Lipinski definition) is 1. The van der Waals surface area contributed by atoms with Gasteiger partial charge in [0.2, 0.25) is 0 Å². The van der Waals surface area contributed by atoms with E-state index in [0.717, 1.165) is 21.9 Å². The van der Waals surface area contributed by atoms with Crippen molar-refractivity contribution in [3.63, 3.8) is 0 Å². The molecule has 3 aromatic rings. The fourth-order valence-corrected chi connectivity index (χ4v) is 2.54. The third-order valence-corrected chi connectivity index (χ3v) is 3.52. The van der Waals surface area contributed by atoms with Crippen molar-refractivity contribution in [3.05, 3.63) is 82.9 Å². The number of hydrogen-bond donors (Lipinski definition) is 1. The number of halogens is 1. The molecule has 1 unspecified atom stereocenters. The topological polar surface area (TPSA) is 20.2 Å². The van der Waals surface area contributed by atoms with E-state index in [9.17, 15) is 5.11 Å². The molecule has 1 N–H and O–H groups in total. The van der Waals surface area contributed by atoms with Crippen molar-refractivity contribution in [1.82, 2.24) is 0 Å². The monoisotopic (exact) mass is 268 g/mol. The van der Waals surface area contributed by atoms with Crippen molar-refractivity contribution >= 4 is 22.4 Å². The van der Waals surface area contributed by atoms with Gasteiger partial charge in [-0.05, 0) is 34.0 Å². The maximum atomic E-state index is 10.6. The van der Waals surface area contributed by atoms with E-state index < -0.39 is 6.10 Å². The Morgan fingerprint density at radius 2 is 1.58 bits per heavy atom. The van der Waals surface area contributed by atoms with Crippen LogP contribution in [0.2, 0.25) is 5.02 Å². The van der Waals surface area contributed by atoms with Crippen molar-refractivity contribution in [2.45, 2.75) is 6.10 Å². The van der Waals surface area contributed by atoms with Gasteiger partial charge in [-0.3, -0.25) is 0 Å². The Labute approximate surface area is 117 Å². The van der Waals surface area contributed by atoms with Gasteiger partial charge in [-0.15, -0.1) is 0 Å². The lowest BCUT2D eigenvalue weighted by molar-refractivity contribution is 0.222. The second kappa shape index (κ2) is 5.04. The Kier molecular flexibility index (Phi) is 3.24. The van der Waals surface area contributed by atoms with Crippen molar-refractivity contribution in [1.29, 1.82) is 0 Å². The van der Waals surface area contributed by atoms with E-state index in [1.54, 1.807) is 12.1 Å². The summed E-state index contributed by atoms with van der Waals surface area (Å²) in [6.45, 7) is 0. The Hall–Kier alpha value is -1.83. The molecule has 0 aliphatic carbocycles. The first kappa shape index (κ1) is 12.2. The second-order valence-electron chi connectivity index (χ2n) is 4.53. The molecule has 0 spiro atoms. The molecule has 0 amide bonds. The fraction of sp³-hybridized carbons (Fsp3) is 0.0588. The molecular formula is C17H13ClO. The zero-order valence-corrected chi connectivity index (χ0v) is 11.0.